The third-order valence-corrected chi connectivity index (χ3v) is 5.10. The van der Waals surface area contributed by atoms with Crippen LogP contribution in [-0.2, 0) is 0 Å². The first-order valence-corrected chi connectivity index (χ1v) is 7.98. The molecule has 0 radical (unpaired) electrons. The SMILES string of the molecule is CCOc1ccc(C(=O)C2C3CCCCC32)cc1Br. The minimum absolute atomic E-state index is 0.298. The van der Waals surface area contributed by atoms with E-state index < -0.39 is 0 Å². The molecule has 3 rings (SSSR count). The Morgan fingerprint density at radius 3 is 2.58 bits per heavy atom. The molecule has 0 aliphatic heterocycles. The summed E-state index contributed by atoms with van der Waals surface area (Å²) >= 11 is 3.49. The highest BCUT2D eigenvalue weighted by Crippen LogP contribution is 2.56. The van der Waals surface area contributed by atoms with Crippen molar-refractivity contribution in [3.8, 4) is 5.75 Å². The van der Waals surface area contributed by atoms with Gasteiger partial charge in [-0.1, -0.05) is 12.8 Å². The van der Waals surface area contributed by atoms with Gasteiger partial charge in [-0.3, -0.25) is 4.79 Å². The molecule has 2 atom stereocenters. The quantitative estimate of drug-likeness (QED) is 0.764. The fraction of sp³-hybridized carbons (Fsp3) is 0.562. The first-order chi connectivity index (χ1) is 9.22. The van der Waals surface area contributed by atoms with E-state index in [1.807, 2.05) is 25.1 Å². The van der Waals surface area contributed by atoms with Gasteiger partial charge in [-0.25, -0.2) is 0 Å². The zero-order valence-corrected chi connectivity index (χ0v) is 12.8. The topological polar surface area (TPSA) is 26.3 Å². The zero-order chi connectivity index (χ0) is 13.4. The van der Waals surface area contributed by atoms with Crippen molar-refractivity contribution in [1.82, 2.24) is 0 Å². The van der Waals surface area contributed by atoms with Gasteiger partial charge < -0.3 is 4.74 Å². The third-order valence-electron chi connectivity index (χ3n) is 4.48. The number of ketones is 1. The summed E-state index contributed by atoms with van der Waals surface area (Å²) in [6.07, 6.45) is 5.11. The molecule has 2 nitrogen and oxygen atoms in total. The van der Waals surface area contributed by atoms with E-state index in [2.05, 4.69) is 15.9 Å². The molecule has 2 fully saturated rings. The first kappa shape index (κ1) is 13.2. The average molecular weight is 323 g/mol. The number of hydrogen-bond donors (Lipinski definition) is 0. The number of carbonyl (C=O) groups excluding carboxylic acids is 1. The van der Waals surface area contributed by atoms with Gasteiger partial charge in [0, 0.05) is 11.5 Å². The van der Waals surface area contributed by atoms with Crippen LogP contribution in [0.2, 0.25) is 0 Å². The van der Waals surface area contributed by atoms with Crippen molar-refractivity contribution < 1.29 is 9.53 Å². The van der Waals surface area contributed by atoms with Crippen molar-refractivity contribution >= 4 is 21.7 Å². The molecule has 2 aliphatic carbocycles. The Hall–Kier alpha value is -0.830. The van der Waals surface area contributed by atoms with Crippen LogP contribution in [0.15, 0.2) is 22.7 Å². The first-order valence-electron chi connectivity index (χ1n) is 7.19. The van der Waals surface area contributed by atoms with Crippen LogP contribution in [0, 0.1) is 17.8 Å². The van der Waals surface area contributed by atoms with Crippen molar-refractivity contribution in [3.63, 3.8) is 0 Å². The molecule has 0 N–H and O–H groups in total. The lowest BCUT2D eigenvalue weighted by Crippen LogP contribution is -2.04. The number of Topliss-reactive ketones (excluding diaryl/α,β-unsaturated/α-hetero) is 1. The molecule has 0 amide bonds. The van der Waals surface area contributed by atoms with Gasteiger partial charge in [-0.2, -0.15) is 0 Å². The normalized spacial score (nSPS) is 28.6. The summed E-state index contributed by atoms with van der Waals surface area (Å²) in [4.78, 5) is 12.5. The molecule has 2 saturated carbocycles. The highest BCUT2D eigenvalue weighted by Gasteiger charge is 2.54. The Bertz CT molecular complexity index is 486. The van der Waals surface area contributed by atoms with E-state index in [0.29, 0.717) is 30.1 Å². The Kier molecular flexibility index (Phi) is 3.66. The van der Waals surface area contributed by atoms with Crippen molar-refractivity contribution in [1.29, 1.82) is 0 Å². The number of rotatable bonds is 4. The maximum Gasteiger partial charge on any atom is 0.166 e. The van der Waals surface area contributed by atoms with Crippen LogP contribution in [0.3, 0.4) is 0 Å². The predicted octanol–water partition coefficient (Wildman–Crippen LogP) is 4.47. The van der Waals surface area contributed by atoms with Crippen molar-refractivity contribution in [2.24, 2.45) is 17.8 Å². The minimum Gasteiger partial charge on any atom is -0.493 e. The summed E-state index contributed by atoms with van der Waals surface area (Å²) in [6.45, 7) is 2.60. The van der Waals surface area contributed by atoms with E-state index in [4.69, 9.17) is 4.74 Å². The summed E-state index contributed by atoms with van der Waals surface area (Å²) in [7, 11) is 0. The maximum absolute atomic E-state index is 12.5. The van der Waals surface area contributed by atoms with Gasteiger partial charge in [-0.15, -0.1) is 0 Å². The second kappa shape index (κ2) is 5.28. The lowest BCUT2D eigenvalue weighted by atomic mass is 10.0. The fourth-order valence-corrected chi connectivity index (χ4v) is 3.99. The van der Waals surface area contributed by atoms with Crippen LogP contribution in [0.4, 0.5) is 0 Å². The van der Waals surface area contributed by atoms with E-state index in [9.17, 15) is 4.79 Å². The molecule has 1 aromatic carbocycles. The van der Waals surface area contributed by atoms with Crippen molar-refractivity contribution in [3.05, 3.63) is 28.2 Å². The third kappa shape index (κ3) is 2.45. The Labute approximate surface area is 122 Å². The zero-order valence-electron chi connectivity index (χ0n) is 11.2. The maximum atomic E-state index is 12.5. The highest BCUT2D eigenvalue weighted by molar-refractivity contribution is 9.10. The number of fused-ring (bicyclic) bond motifs is 1. The van der Waals surface area contributed by atoms with E-state index in [-0.39, 0.29) is 0 Å². The summed E-state index contributed by atoms with van der Waals surface area (Å²) in [5, 5.41) is 0. The molecule has 19 heavy (non-hydrogen) atoms. The average Bonchev–Trinajstić information content (AvgIpc) is 3.15. The number of hydrogen-bond acceptors (Lipinski definition) is 2. The van der Waals surface area contributed by atoms with Crippen LogP contribution in [0.1, 0.15) is 43.0 Å². The van der Waals surface area contributed by atoms with Crippen LogP contribution < -0.4 is 4.74 Å². The van der Waals surface area contributed by atoms with Crippen LogP contribution in [0.5, 0.6) is 5.75 Å². The molecule has 2 aliphatic rings. The molecule has 0 aromatic heterocycles. The number of benzene rings is 1. The Morgan fingerprint density at radius 1 is 1.32 bits per heavy atom. The molecule has 0 spiro atoms. The second-order valence-electron chi connectivity index (χ2n) is 5.58. The van der Waals surface area contributed by atoms with Crippen LogP contribution in [-0.4, -0.2) is 12.4 Å². The Morgan fingerprint density at radius 2 is 2.00 bits per heavy atom. The van der Waals surface area contributed by atoms with Gasteiger partial charge in [0.05, 0.1) is 11.1 Å². The lowest BCUT2D eigenvalue weighted by molar-refractivity contribution is 0.0956. The van der Waals surface area contributed by atoms with Crippen LogP contribution >= 0.6 is 15.9 Å². The minimum atomic E-state index is 0.298. The summed E-state index contributed by atoms with van der Waals surface area (Å²) in [5.41, 5.74) is 0.828. The Balaban J connectivity index is 1.75. The van der Waals surface area contributed by atoms with Gasteiger partial charge in [0.25, 0.3) is 0 Å². The largest absolute Gasteiger partial charge is 0.493 e. The molecular weight excluding hydrogens is 304 g/mol. The summed E-state index contributed by atoms with van der Waals surface area (Å²) < 4.78 is 6.36. The molecule has 0 bridgehead atoms. The highest BCUT2D eigenvalue weighted by atomic mass is 79.9. The molecule has 1 aromatic rings. The number of ether oxygens (including phenoxy) is 1. The van der Waals surface area contributed by atoms with E-state index in [1.54, 1.807) is 0 Å². The fourth-order valence-electron chi connectivity index (χ4n) is 3.50. The lowest BCUT2D eigenvalue weighted by Gasteiger charge is -2.07. The molecule has 102 valence electrons. The summed E-state index contributed by atoms with van der Waals surface area (Å²) in [5.74, 6) is 2.79. The van der Waals surface area contributed by atoms with E-state index in [0.717, 1.165) is 15.8 Å². The predicted molar refractivity (Wildman–Crippen MR) is 78.6 cm³/mol. The number of carbonyl (C=O) groups is 1. The van der Waals surface area contributed by atoms with Gasteiger partial charge >= 0.3 is 0 Å². The van der Waals surface area contributed by atoms with Crippen molar-refractivity contribution in [2.75, 3.05) is 6.61 Å². The van der Waals surface area contributed by atoms with Crippen molar-refractivity contribution in [2.45, 2.75) is 32.6 Å². The second-order valence-corrected chi connectivity index (χ2v) is 6.43. The van der Waals surface area contributed by atoms with Gasteiger partial charge in [0.15, 0.2) is 5.78 Å². The monoisotopic (exact) mass is 322 g/mol. The molecule has 0 saturated heterocycles. The van der Waals surface area contributed by atoms with E-state index in [1.165, 1.54) is 25.7 Å². The standard InChI is InChI=1S/C16H19BrO2/c1-2-19-14-8-7-10(9-13(14)17)16(18)15-11-5-3-4-6-12(11)15/h7-9,11-12,15H,2-6H2,1H3. The summed E-state index contributed by atoms with van der Waals surface area (Å²) in [6, 6.07) is 5.72. The molecule has 2 unspecified atom stereocenters. The van der Waals surface area contributed by atoms with Gasteiger partial charge in [-0.05, 0) is 65.7 Å². The number of halogens is 1. The molecular formula is C16H19BrO2. The van der Waals surface area contributed by atoms with Crippen LogP contribution in [0.25, 0.3) is 0 Å². The van der Waals surface area contributed by atoms with Gasteiger partial charge in [0.1, 0.15) is 5.75 Å². The van der Waals surface area contributed by atoms with E-state index >= 15 is 0 Å². The smallest absolute Gasteiger partial charge is 0.166 e. The van der Waals surface area contributed by atoms with Gasteiger partial charge in [0.2, 0.25) is 0 Å². The molecule has 3 heteroatoms. The molecule has 0 heterocycles.